The topological polar surface area (TPSA) is 95.5 Å². The second-order valence-electron chi connectivity index (χ2n) is 6.08. The second-order valence-corrected chi connectivity index (χ2v) is 6.08. The highest BCUT2D eigenvalue weighted by atomic mass is 16.4. The van der Waals surface area contributed by atoms with E-state index in [0.717, 1.165) is 5.56 Å². The number of carboxylic acid groups (broad SMARTS) is 1. The lowest BCUT2D eigenvalue weighted by Gasteiger charge is -2.20. The van der Waals surface area contributed by atoms with Crippen LogP contribution in [0.15, 0.2) is 30.3 Å². The van der Waals surface area contributed by atoms with E-state index >= 15 is 0 Å². The molecule has 0 saturated carbocycles. The Kier molecular flexibility index (Phi) is 6.10. The summed E-state index contributed by atoms with van der Waals surface area (Å²) in [6, 6.07) is 7.40. The van der Waals surface area contributed by atoms with Crippen molar-refractivity contribution in [2.24, 2.45) is 5.41 Å². The van der Waals surface area contributed by atoms with Gasteiger partial charge in [0.25, 0.3) is 0 Å². The van der Waals surface area contributed by atoms with E-state index in [1.807, 2.05) is 30.3 Å². The number of carboxylic acids is 1. The molecule has 3 N–H and O–H groups in total. The number of hydrogen-bond acceptors (Lipinski definition) is 3. The minimum Gasteiger partial charge on any atom is -0.480 e. The smallest absolute Gasteiger partial charge is 0.326 e. The number of rotatable bonds is 6. The number of carbonyl (C=O) groups excluding carboxylic acids is 2. The van der Waals surface area contributed by atoms with Crippen LogP contribution < -0.4 is 10.6 Å². The molecule has 0 saturated heterocycles. The van der Waals surface area contributed by atoms with Crippen molar-refractivity contribution in [3.05, 3.63) is 35.9 Å². The first-order valence-electron chi connectivity index (χ1n) is 7.04. The first-order chi connectivity index (χ1) is 10.2. The molecular formula is C16H22N2O4. The third kappa shape index (κ3) is 5.95. The molecule has 120 valence electrons. The van der Waals surface area contributed by atoms with Crippen LogP contribution in [0.25, 0.3) is 0 Å². The Morgan fingerprint density at radius 1 is 1.14 bits per heavy atom. The number of carbonyl (C=O) groups is 3. The number of Topliss-reactive ketones (excluding diaryl/α,β-unsaturated/α-hetero) is 1. The van der Waals surface area contributed by atoms with Crippen molar-refractivity contribution in [3.8, 4) is 0 Å². The molecule has 0 aliphatic rings. The summed E-state index contributed by atoms with van der Waals surface area (Å²) in [5.74, 6) is -1.45. The van der Waals surface area contributed by atoms with Gasteiger partial charge in [-0.1, -0.05) is 51.1 Å². The summed E-state index contributed by atoms with van der Waals surface area (Å²) in [6.45, 7) is 5.42. The Balaban J connectivity index is 2.54. The van der Waals surface area contributed by atoms with Crippen LogP contribution in [0.5, 0.6) is 0 Å². The van der Waals surface area contributed by atoms with Crippen LogP contribution in [0.2, 0.25) is 0 Å². The Morgan fingerprint density at radius 3 is 2.23 bits per heavy atom. The summed E-state index contributed by atoms with van der Waals surface area (Å²) in [5, 5.41) is 14.0. The maximum Gasteiger partial charge on any atom is 0.326 e. The van der Waals surface area contributed by atoms with Gasteiger partial charge in [0.2, 0.25) is 0 Å². The molecule has 1 atom stereocenters. The molecule has 0 aromatic heterocycles. The third-order valence-corrected chi connectivity index (χ3v) is 3.13. The van der Waals surface area contributed by atoms with Crippen LogP contribution in [0.4, 0.5) is 4.79 Å². The monoisotopic (exact) mass is 306 g/mol. The summed E-state index contributed by atoms with van der Waals surface area (Å²) in [7, 11) is 0. The van der Waals surface area contributed by atoms with Gasteiger partial charge in [0, 0.05) is 18.4 Å². The van der Waals surface area contributed by atoms with Crippen molar-refractivity contribution >= 4 is 17.8 Å². The van der Waals surface area contributed by atoms with Crippen molar-refractivity contribution in [2.75, 3.05) is 0 Å². The first-order valence-corrected chi connectivity index (χ1v) is 7.04. The number of amides is 2. The molecule has 6 heteroatoms. The first kappa shape index (κ1) is 17.7. The number of urea groups is 1. The lowest BCUT2D eigenvalue weighted by Crippen LogP contribution is -2.47. The van der Waals surface area contributed by atoms with Gasteiger partial charge in [0.15, 0.2) is 0 Å². The molecule has 0 spiro atoms. The van der Waals surface area contributed by atoms with Gasteiger partial charge in [-0.05, 0) is 5.56 Å². The molecule has 2 amide bonds. The standard InChI is InChI=1S/C16H22N2O4/c1-16(2,3)13(19)9-12(14(20)21)18-15(22)17-10-11-7-5-4-6-8-11/h4-8,12H,9-10H2,1-3H3,(H,20,21)(H2,17,18,22). The van der Waals surface area contributed by atoms with Crippen LogP contribution in [-0.2, 0) is 16.1 Å². The maximum absolute atomic E-state index is 11.9. The molecule has 1 unspecified atom stereocenters. The Labute approximate surface area is 129 Å². The average Bonchev–Trinajstić information content (AvgIpc) is 2.44. The molecule has 6 nitrogen and oxygen atoms in total. The van der Waals surface area contributed by atoms with E-state index in [1.165, 1.54) is 0 Å². The van der Waals surface area contributed by atoms with Gasteiger partial charge >= 0.3 is 12.0 Å². The van der Waals surface area contributed by atoms with Crippen molar-refractivity contribution in [2.45, 2.75) is 39.8 Å². The molecule has 1 aromatic carbocycles. The van der Waals surface area contributed by atoms with Crippen molar-refractivity contribution < 1.29 is 19.5 Å². The maximum atomic E-state index is 11.9. The SMILES string of the molecule is CC(C)(C)C(=O)CC(NC(=O)NCc1ccccc1)C(=O)O. The number of aliphatic carboxylic acids is 1. The molecule has 22 heavy (non-hydrogen) atoms. The van der Waals surface area contributed by atoms with Crippen molar-refractivity contribution in [1.29, 1.82) is 0 Å². The van der Waals surface area contributed by atoms with E-state index in [9.17, 15) is 14.4 Å². The highest BCUT2D eigenvalue weighted by Gasteiger charge is 2.29. The Bertz CT molecular complexity index is 535. The van der Waals surface area contributed by atoms with Gasteiger partial charge in [-0.3, -0.25) is 4.79 Å². The zero-order valence-corrected chi connectivity index (χ0v) is 13.1. The summed E-state index contributed by atoms with van der Waals surface area (Å²) in [6.07, 6.45) is -0.239. The van der Waals surface area contributed by atoms with Gasteiger partial charge in [-0.25, -0.2) is 9.59 Å². The summed E-state index contributed by atoms with van der Waals surface area (Å²) in [5.41, 5.74) is 0.255. The molecule has 0 fully saturated rings. The summed E-state index contributed by atoms with van der Waals surface area (Å²) < 4.78 is 0. The molecule has 0 aliphatic carbocycles. The quantitative estimate of drug-likeness (QED) is 0.748. The van der Waals surface area contributed by atoms with E-state index < -0.39 is 23.5 Å². The zero-order valence-electron chi connectivity index (χ0n) is 13.1. The summed E-state index contributed by atoms with van der Waals surface area (Å²) >= 11 is 0. The minimum atomic E-state index is -1.23. The van der Waals surface area contributed by atoms with Crippen LogP contribution in [0.3, 0.4) is 0 Å². The highest BCUT2D eigenvalue weighted by molar-refractivity contribution is 5.91. The Hall–Kier alpha value is -2.37. The molecular weight excluding hydrogens is 284 g/mol. The number of ketones is 1. The number of benzene rings is 1. The van der Waals surface area contributed by atoms with Crippen LogP contribution in [-0.4, -0.2) is 28.9 Å². The zero-order chi connectivity index (χ0) is 16.8. The van der Waals surface area contributed by atoms with Crippen LogP contribution in [0, 0.1) is 5.41 Å². The third-order valence-electron chi connectivity index (χ3n) is 3.13. The molecule has 1 rings (SSSR count). The lowest BCUT2D eigenvalue weighted by molar-refractivity contribution is -0.142. The normalized spacial score (nSPS) is 12.3. The van der Waals surface area contributed by atoms with E-state index in [4.69, 9.17) is 5.11 Å². The summed E-state index contributed by atoms with van der Waals surface area (Å²) in [4.78, 5) is 34.8. The molecule has 0 radical (unpaired) electrons. The van der Waals surface area contributed by atoms with Crippen molar-refractivity contribution in [1.82, 2.24) is 10.6 Å². The van der Waals surface area contributed by atoms with E-state index in [1.54, 1.807) is 20.8 Å². The fraction of sp³-hybridized carbons (Fsp3) is 0.438. The van der Waals surface area contributed by atoms with E-state index in [2.05, 4.69) is 10.6 Å². The van der Waals surface area contributed by atoms with E-state index in [-0.39, 0.29) is 18.7 Å². The highest BCUT2D eigenvalue weighted by Crippen LogP contribution is 2.17. The van der Waals surface area contributed by atoms with Gasteiger partial charge in [-0.15, -0.1) is 0 Å². The van der Waals surface area contributed by atoms with E-state index in [0.29, 0.717) is 0 Å². The van der Waals surface area contributed by atoms with Gasteiger partial charge in [-0.2, -0.15) is 0 Å². The number of hydrogen-bond donors (Lipinski definition) is 3. The molecule has 0 aliphatic heterocycles. The molecule has 0 bridgehead atoms. The van der Waals surface area contributed by atoms with Crippen LogP contribution in [0.1, 0.15) is 32.8 Å². The average molecular weight is 306 g/mol. The second kappa shape index (κ2) is 7.59. The largest absolute Gasteiger partial charge is 0.480 e. The Morgan fingerprint density at radius 2 is 1.73 bits per heavy atom. The minimum absolute atomic E-state index is 0.219. The predicted molar refractivity (Wildman–Crippen MR) is 82.3 cm³/mol. The predicted octanol–water partition coefficient (Wildman–Crippen LogP) is 1.94. The fourth-order valence-corrected chi connectivity index (χ4v) is 1.68. The molecule has 1 aromatic rings. The lowest BCUT2D eigenvalue weighted by atomic mass is 9.87. The number of nitrogens with one attached hydrogen (secondary N) is 2. The van der Waals surface area contributed by atoms with Gasteiger partial charge in [0.1, 0.15) is 11.8 Å². The van der Waals surface area contributed by atoms with Crippen molar-refractivity contribution in [3.63, 3.8) is 0 Å². The van der Waals surface area contributed by atoms with Crippen LogP contribution >= 0.6 is 0 Å². The van der Waals surface area contributed by atoms with Gasteiger partial charge < -0.3 is 15.7 Å². The fourth-order valence-electron chi connectivity index (χ4n) is 1.68. The molecule has 0 heterocycles. The van der Waals surface area contributed by atoms with Gasteiger partial charge in [0.05, 0.1) is 0 Å².